The van der Waals surface area contributed by atoms with Gasteiger partial charge in [-0.3, -0.25) is 4.79 Å². The van der Waals surface area contributed by atoms with Gasteiger partial charge in [-0.25, -0.2) is 0 Å². The van der Waals surface area contributed by atoms with Crippen LogP contribution in [0.1, 0.15) is 17.5 Å². The zero-order valence-electron chi connectivity index (χ0n) is 9.34. The monoisotopic (exact) mass is 256 g/mol. The molecule has 1 aromatic carbocycles. The molecule has 3 N–H and O–H groups in total. The smallest absolute Gasteiger partial charge is 0.370 e. The molecule has 3 nitrogen and oxygen atoms in total. The van der Waals surface area contributed by atoms with Gasteiger partial charge in [0.2, 0.25) is 5.91 Å². The van der Waals surface area contributed by atoms with Crippen LogP contribution in [-0.2, 0) is 17.4 Å². The Kier molecular flexibility index (Phi) is 3.02. The number of aryl methyl sites for hydroxylation is 1. The van der Waals surface area contributed by atoms with Gasteiger partial charge in [-0.05, 0) is 30.2 Å². The van der Waals surface area contributed by atoms with E-state index in [1.165, 1.54) is 6.07 Å². The molecule has 6 heteroatoms. The van der Waals surface area contributed by atoms with E-state index in [1.807, 2.05) is 0 Å². The normalized spacial score (nSPS) is 11.9. The van der Waals surface area contributed by atoms with Crippen molar-refractivity contribution in [1.29, 1.82) is 0 Å². The summed E-state index contributed by atoms with van der Waals surface area (Å²) in [4.78, 5) is 13.6. The Hall–Kier alpha value is -1.98. The van der Waals surface area contributed by atoms with Crippen molar-refractivity contribution in [3.05, 3.63) is 35.5 Å². The van der Waals surface area contributed by atoms with Crippen molar-refractivity contribution in [2.75, 3.05) is 0 Å². The Morgan fingerprint density at radius 1 is 1.33 bits per heavy atom. The van der Waals surface area contributed by atoms with Gasteiger partial charge in [0, 0.05) is 23.5 Å². The van der Waals surface area contributed by atoms with E-state index in [9.17, 15) is 18.0 Å². The zero-order chi connectivity index (χ0) is 13.3. The van der Waals surface area contributed by atoms with Gasteiger partial charge in [-0.1, -0.05) is 0 Å². The number of carbonyl (C=O) groups excluding carboxylic acids is 1. The van der Waals surface area contributed by atoms with Crippen molar-refractivity contribution in [2.24, 2.45) is 5.73 Å². The molecule has 18 heavy (non-hydrogen) atoms. The molecule has 0 saturated heterocycles. The van der Waals surface area contributed by atoms with Gasteiger partial charge in [-0.15, -0.1) is 0 Å². The molecule has 0 saturated carbocycles. The number of nitrogens with one attached hydrogen (secondary N) is 1. The Labute approximate surface area is 101 Å². The maximum Gasteiger partial charge on any atom is 0.416 e. The number of aromatic nitrogens is 1. The number of hydrogen-bond donors (Lipinski definition) is 2. The summed E-state index contributed by atoms with van der Waals surface area (Å²) in [5, 5.41) is 0.478. The minimum absolute atomic E-state index is 0.114. The van der Waals surface area contributed by atoms with Gasteiger partial charge in [0.1, 0.15) is 0 Å². The van der Waals surface area contributed by atoms with Crippen molar-refractivity contribution < 1.29 is 18.0 Å². The Morgan fingerprint density at radius 3 is 2.67 bits per heavy atom. The van der Waals surface area contributed by atoms with E-state index in [4.69, 9.17) is 5.73 Å². The maximum atomic E-state index is 12.6. The Balaban J connectivity index is 2.40. The lowest BCUT2D eigenvalue weighted by atomic mass is 10.1. The first-order chi connectivity index (χ1) is 8.38. The lowest BCUT2D eigenvalue weighted by Gasteiger charge is -2.06. The van der Waals surface area contributed by atoms with Crippen LogP contribution in [0.15, 0.2) is 24.4 Å². The lowest BCUT2D eigenvalue weighted by Crippen LogP contribution is -2.11. The number of alkyl halides is 3. The van der Waals surface area contributed by atoms with Gasteiger partial charge >= 0.3 is 6.18 Å². The number of aromatic amines is 1. The molecule has 0 atom stereocenters. The second kappa shape index (κ2) is 4.36. The molecule has 0 bridgehead atoms. The van der Waals surface area contributed by atoms with Crippen molar-refractivity contribution in [2.45, 2.75) is 19.0 Å². The third-order valence-electron chi connectivity index (χ3n) is 2.74. The quantitative estimate of drug-likeness (QED) is 0.871. The number of nitrogens with two attached hydrogens (primary N) is 1. The minimum Gasteiger partial charge on any atom is -0.370 e. The average Bonchev–Trinajstić information content (AvgIpc) is 2.67. The topological polar surface area (TPSA) is 58.9 Å². The molecular weight excluding hydrogens is 245 g/mol. The van der Waals surface area contributed by atoms with Crippen LogP contribution in [0.5, 0.6) is 0 Å². The van der Waals surface area contributed by atoms with Crippen molar-refractivity contribution in [3.8, 4) is 0 Å². The van der Waals surface area contributed by atoms with Gasteiger partial charge < -0.3 is 10.7 Å². The van der Waals surface area contributed by atoms with Crippen molar-refractivity contribution >= 4 is 16.8 Å². The summed E-state index contributed by atoms with van der Waals surface area (Å²) >= 11 is 0. The highest BCUT2D eigenvalue weighted by Gasteiger charge is 2.30. The lowest BCUT2D eigenvalue weighted by molar-refractivity contribution is -0.137. The average molecular weight is 256 g/mol. The van der Waals surface area contributed by atoms with Crippen LogP contribution in [0.2, 0.25) is 0 Å². The summed E-state index contributed by atoms with van der Waals surface area (Å²) in [6.07, 6.45) is -2.32. The standard InChI is InChI=1S/C12H11F3N2O/c13-12(14,15)8-2-3-10-9(5-8)7(6-17-10)1-4-11(16)18/h2-3,5-6,17H,1,4H2,(H2,16,18). The van der Waals surface area contributed by atoms with E-state index >= 15 is 0 Å². The highest BCUT2D eigenvalue weighted by molar-refractivity contribution is 5.84. The molecule has 0 unspecified atom stereocenters. The predicted molar refractivity (Wildman–Crippen MR) is 60.8 cm³/mol. The van der Waals surface area contributed by atoms with Crippen LogP contribution in [0, 0.1) is 0 Å². The molecule has 1 aromatic heterocycles. The third-order valence-corrected chi connectivity index (χ3v) is 2.74. The Bertz CT molecular complexity index is 587. The highest BCUT2D eigenvalue weighted by atomic mass is 19.4. The summed E-state index contributed by atoms with van der Waals surface area (Å²) in [7, 11) is 0. The molecule has 1 heterocycles. The van der Waals surface area contributed by atoms with Crippen LogP contribution in [0.25, 0.3) is 10.9 Å². The summed E-state index contributed by atoms with van der Waals surface area (Å²) in [6.45, 7) is 0. The van der Waals surface area contributed by atoms with Crippen LogP contribution in [0.4, 0.5) is 13.2 Å². The number of primary amides is 1. The molecule has 96 valence electrons. The first kappa shape index (κ1) is 12.5. The molecule has 0 radical (unpaired) electrons. The fourth-order valence-electron chi connectivity index (χ4n) is 1.82. The number of rotatable bonds is 3. The SMILES string of the molecule is NC(=O)CCc1c[nH]c2ccc(C(F)(F)F)cc12. The summed E-state index contributed by atoms with van der Waals surface area (Å²) in [5.41, 5.74) is 5.60. The first-order valence-electron chi connectivity index (χ1n) is 5.33. The molecule has 0 aliphatic heterocycles. The summed E-state index contributed by atoms with van der Waals surface area (Å²) in [6, 6.07) is 3.49. The van der Waals surface area contributed by atoms with E-state index in [0.29, 0.717) is 22.9 Å². The molecule has 0 fully saturated rings. The number of benzene rings is 1. The summed E-state index contributed by atoms with van der Waals surface area (Å²) in [5.74, 6) is -0.476. The molecular formula is C12H11F3N2O. The highest BCUT2D eigenvalue weighted by Crippen LogP contribution is 2.32. The van der Waals surface area contributed by atoms with Crippen LogP contribution >= 0.6 is 0 Å². The minimum atomic E-state index is -4.37. The van der Waals surface area contributed by atoms with Gasteiger partial charge in [0.05, 0.1) is 5.56 Å². The molecule has 2 aromatic rings. The van der Waals surface area contributed by atoms with Gasteiger partial charge in [-0.2, -0.15) is 13.2 Å². The molecule has 0 spiro atoms. The number of hydrogen-bond acceptors (Lipinski definition) is 1. The molecule has 2 rings (SSSR count). The van der Waals surface area contributed by atoms with Crippen LogP contribution < -0.4 is 5.73 Å². The van der Waals surface area contributed by atoms with Crippen LogP contribution in [0.3, 0.4) is 0 Å². The van der Waals surface area contributed by atoms with Crippen LogP contribution in [-0.4, -0.2) is 10.9 Å². The van der Waals surface area contributed by atoms with Crippen molar-refractivity contribution in [1.82, 2.24) is 4.98 Å². The molecule has 0 aliphatic rings. The number of fused-ring (bicyclic) bond motifs is 1. The third kappa shape index (κ3) is 2.47. The largest absolute Gasteiger partial charge is 0.416 e. The number of halogens is 3. The van der Waals surface area contributed by atoms with Crippen molar-refractivity contribution in [3.63, 3.8) is 0 Å². The number of amides is 1. The number of carbonyl (C=O) groups is 1. The predicted octanol–water partition coefficient (Wildman–Crippen LogP) is 2.60. The maximum absolute atomic E-state index is 12.6. The fraction of sp³-hybridized carbons (Fsp3) is 0.250. The Morgan fingerprint density at radius 2 is 2.06 bits per heavy atom. The first-order valence-corrected chi connectivity index (χ1v) is 5.33. The van der Waals surface area contributed by atoms with E-state index in [0.717, 1.165) is 12.1 Å². The van der Waals surface area contributed by atoms with E-state index in [-0.39, 0.29) is 6.42 Å². The van der Waals surface area contributed by atoms with Gasteiger partial charge in [0.25, 0.3) is 0 Å². The van der Waals surface area contributed by atoms with E-state index in [1.54, 1.807) is 6.20 Å². The number of H-pyrrole nitrogens is 1. The molecule has 1 amide bonds. The van der Waals surface area contributed by atoms with E-state index in [2.05, 4.69) is 4.98 Å². The molecule has 0 aliphatic carbocycles. The van der Waals surface area contributed by atoms with Gasteiger partial charge in [0.15, 0.2) is 0 Å². The second-order valence-corrected chi connectivity index (χ2v) is 4.04. The second-order valence-electron chi connectivity index (χ2n) is 4.04. The summed E-state index contributed by atoms with van der Waals surface area (Å²) < 4.78 is 37.8. The van der Waals surface area contributed by atoms with E-state index < -0.39 is 17.6 Å². The fourth-order valence-corrected chi connectivity index (χ4v) is 1.82. The zero-order valence-corrected chi connectivity index (χ0v) is 9.34.